The van der Waals surface area contributed by atoms with Crippen LogP contribution in [-0.2, 0) is 24.1 Å². The number of rotatable bonds is 11. The Labute approximate surface area is 274 Å². The Kier molecular flexibility index (Phi) is 10.3. The van der Waals surface area contributed by atoms with Crippen LogP contribution in [0.1, 0.15) is 66.7 Å². The third kappa shape index (κ3) is 8.22. The molecule has 4 aromatic rings. The number of carbonyl (C=O) groups is 1. The minimum absolute atomic E-state index is 0.0647. The molecule has 0 saturated carbocycles. The van der Waals surface area contributed by atoms with Crippen molar-refractivity contribution in [2.45, 2.75) is 78.3 Å². The highest BCUT2D eigenvalue weighted by molar-refractivity contribution is 6.74. The largest absolute Gasteiger partial charge is 0.484 e. The summed E-state index contributed by atoms with van der Waals surface area (Å²) in [5.41, 5.74) is 6.29. The minimum Gasteiger partial charge on any atom is -0.484 e. The fourth-order valence-corrected chi connectivity index (χ4v) is 6.51. The first-order valence-corrected chi connectivity index (χ1v) is 19.2. The Balaban J connectivity index is 1.15. The zero-order valence-corrected chi connectivity index (χ0v) is 29.0. The Bertz CT molecular complexity index is 1610. The molecule has 242 valence electrons. The van der Waals surface area contributed by atoms with Crippen molar-refractivity contribution in [2.75, 3.05) is 18.0 Å². The second kappa shape index (κ2) is 14.2. The van der Waals surface area contributed by atoms with Gasteiger partial charge in [-0.3, -0.25) is 0 Å². The van der Waals surface area contributed by atoms with E-state index >= 15 is 0 Å². The topological polar surface area (TPSA) is 84.8 Å². The lowest BCUT2D eigenvalue weighted by Crippen LogP contribution is -2.40. The van der Waals surface area contributed by atoms with Crippen molar-refractivity contribution in [2.24, 2.45) is 5.92 Å². The van der Waals surface area contributed by atoms with E-state index in [1.54, 1.807) is 6.92 Å². The first-order chi connectivity index (χ1) is 21.9. The number of ether oxygens (including phenoxy) is 1. The molecule has 0 aliphatic carbocycles. The number of aromatic nitrogens is 2. The molecular formula is C38H47N3O4Si. The van der Waals surface area contributed by atoms with Gasteiger partial charge in [-0.25, -0.2) is 14.8 Å². The van der Waals surface area contributed by atoms with Crippen molar-refractivity contribution in [3.05, 3.63) is 107 Å². The first-order valence-electron chi connectivity index (χ1n) is 16.3. The van der Waals surface area contributed by atoms with Gasteiger partial charge in [0.1, 0.15) is 12.4 Å². The molecule has 1 fully saturated rings. The number of piperidine rings is 1. The molecule has 0 atom stereocenters. The molecule has 5 rings (SSSR count). The fraction of sp³-hybridized carbons (Fsp3) is 0.395. The van der Waals surface area contributed by atoms with Crippen molar-refractivity contribution in [3.63, 3.8) is 0 Å². The molecule has 1 saturated heterocycles. The van der Waals surface area contributed by atoms with Crippen molar-refractivity contribution in [1.82, 2.24) is 9.97 Å². The molecule has 3 aromatic carbocycles. The zero-order chi connectivity index (χ0) is 32.9. The molecule has 1 aliphatic heterocycles. The molecule has 0 bridgehead atoms. The van der Waals surface area contributed by atoms with Crippen molar-refractivity contribution in [3.8, 4) is 16.9 Å². The summed E-state index contributed by atoms with van der Waals surface area (Å²) in [5.74, 6) is 0.110. The maximum absolute atomic E-state index is 12.1. The summed E-state index contributed by atoms with van der Waals surface area (Å²) in [5, 5.41) is 10.1. The predicted molar refractivity (Wildman–Crippen MR) is 187 cm³/mol. The number of aryl methyl sites for hydroxylation is 1. The van der Waals surface area contributed by atoms with Crippen LogP contribution in [0.5, 0.6) is 5.75 Å². The first kappa shape index (κ1) is 33.4. The van der Waals surface area contributed by atoms with Crippen LogP contribution < -0.4 is 9.64 Å². The normalized spacial score (nSPS) is 14.3. The average Bonchev–Trinajstić information content (AvgIpc) is 3.04. The van der Waals surface area contributed by atoms with Crippen LogP contribution in [0.15, 0.2) is 78.9 Å². The van der Waals surface area contributed by atoms with Crippen molar-refractivity contribution >= 4 is 20.0 Å². The monoisotopic (exact) mass is 637 g/mol. The Hall–Kier alpha value is -4.01. The van der Waals surface area contributed by atoms with Gasteiger partial charge in [-0.1, -0.05) is 87.5 Å². The van der Waals surface area contributed by atoms with Crippen molar-refractivity contribution in [1.29, 1.82) is 0 Å². The van der Waals surface area contributed by atoms with E-state index in [1.807, 2.05) is 30.3 Å². The molecule has 2 heterocycles. The Morgan fingerprint density at radius 3 is 2.04 bits per heavy atom. The highest BCUT2D eigenvalue weighted by atomic mass is 28.4. The molecule has 8 heteroatoms. The van der Waals surface area contributed by atoms with Gasteiger partial charge in [-0.15, -0.1) is 0 Å². The van der Waals surface area contributed by atoms with Gasteiger partial charge in [0.2, 0.25) is 0 Å². The summed E-state index contributed by atoms with van der Waals surface area (Å²) >= 11 is 0. The standard InChI is InChI=1S/C38H47N3O4Si/c1-27-36(44-25-29-10-8-7-9-11-29)35(37(42)43)40-34(39-27)24-28-20-22-41(23-21-28)33-18-16-32(17-19-33)31-14-12-30(13-15-31)26-45-46(5,6)38(2,3)4/h7-19,28H,20-26H2,1-6H3,(H,42,43). The second-order valence-electron chi connectivity index (χ2n) is 13.9. The van der Waals surface area contributed by atoms with Gasteiger partial charge < -0.3 is 19.2 Å². The maximum atomic E-state index is 12.1. The molecule has 0 amide bonds. The molecular weight excluding hydrogens is 591 g/mol. The van der Waals surface area contributed by atoms with Gasteiger partial charge in [0, 0.05) is 25.2 Å². The average molecular weight is 638 g/mol. The predicted octanol–water partition coefficient (Wildman–Crippen LogP) is 8.71. The lowest BCUT2D eigenvalue weighted by Gasteiger charge is -2.36. The molecule has 1 N–H and O–H groups in total. The SMILES string of the molecule is Cc1nc(CC2CCN(c3ccc(-c4ccc(CO[Si](C)(C)C(C)(C)C)cc4)cc3)CC2)nc(C(=O)O)c1OCc1ccccc1. The minimum atomic E-state index is -1.77. The third-order valence-corrected chi connectivity index (χ3v) is 14.0. The van der Waals surface area contributed by atoms with Crippen LogP contribution >= 0.6 is 0 Å². The van der Waals surface area contributed by atoms with E-state index in [0.717, 1.165) is 31.5 Å². The van der Waals surface area contributed by atoms with Crippen LogP contribution in [-0.4, -0.2) is 42.5 Å². The van der Waals surface area contributed by atoms with Gasteiger partial charge in [0.15, 0.2) is 19.8 Å². The van der Waals surface area contributed by atoms with Crippen LogP contribution in [0.25, 0.3) is 11.1 Å². The zero-order valence-electron chi connectivity index (χ0n) is 28.0. The van der Waals surface area contributed by atoms with Crippen LogP contribution in [0.4, 0.5) is 5.69 Å². The molecule has 46 heavy (non-hydrogen) atoms. The molecule has 1 aromatic heterocycles. The van der Waals surface area contributed by atoms with E-state index < -0.39 is 14.3 Å². The van der Waals surface area contributed by atoms with Gasteiger partial charge in [-0.05, 0) is 78.2 Å². The molecule has 1 aliphatic rings. The van der Waals surface area contributed by atoms with Crippen molar-refractivity contribution < 1.29 is 19.1 Å². The number of carboxylic acids is 1. The summed E-state index contributed by atoms with van der Waals surface area (Å²) in [6.45, 7) is 16.0. The van der Waals surface area contributed by atoms with E-state index in [1.165, 1.54) is 22.4 Å². The summed E-state index contributed by atoms with van der Waals surface area (Å²) in [4.78, 5) is 23.6. The van der Waals surface area contributed by atoms with Gasteiger partial charge in [0.25, 0.3) is 0 Å². The quantitative estimate of drug-likeness (QED) is 0.165. The number of benzene rings is 3. The fourth-order valence-electron chi connectivity index (χ4n) is 5.55. The molecule has 7 nitrogen and oxygen atoms in total. The van der Waals surface area contributed by atoms with E-state index in [0.29, 0.717) is 30.5 Å². The smallest absolute Gasteiger partial charge is 0.358 e. The van der Waals surface area contributed by atoms with Crippen LogP contribution in [0, 0.1) is 12.8 Å². The summed E-state index contributed by atoms with van der Waals surface area (Å²) in [7, 11) is -1.77. The summed E-state index contributed by atoms with van der Waals surface area (Å²) in [6.07, 6.45) is 2.65. The van der Waals surface area contributed by atoms with E-state index in [4.69, 9.17) is 9.16 Å². The Morgan fingerprint density at radius 2 is 1.46 bits per heavy atom. The van der Waals surface area contributed by atoms with Gasteiger partial charge >= 0.3 is 5.97 Å². The van der Waals surface area contributed by atoms with Crippen LogP contribution in [0.3, 0.4) is 0 Å². The van der Waals surface area contributed by atoms with Gasteiger partial charge in [-0.2, -0.15) is 0 Å². The highest BCUT2D eigenvalue weighted by Crippen LogP contribution is 2.37. The number of hydrogen-bond acceptors (Lipinski definition) is 6. The maximum Gasteiger partial charge on any atom is 0.358 e. The van der Waals surface area contributed by atoms with E-state index in [-0.39, 0.29) is 23.1 Å². The highest BCUT2D eigenvalue weighted by Gasteiger charge is 2.37. The van der Waals surface area contributed by atoms with Crippen LogP contribution in [0.2, 0.25) is 18.1 Å². The third-order valence-electron chi connectivity index (χ3n) is 9.52. The molecule has 0 spiro atoms. The number of carboxylic acid groups (broad SMARTS) is 1. The number of anilines is 1. The van der Waals surface area contributed by atoms with Gasteiger partial charge in [0.05, 0.1) is 12.3 Å². The number of aromatic carboxylic acids is 1. The lowest BCUT2D eigenvalue weighted by atomic mass is 9.92. The second-order valence-corrected chi connectivity index (χ2v) is 18.7. The number of nitrogens with zero attached hydrogens (tertiary/aromatic N) is 3. The lowest BCUT2D eigenvalue weighted by molar-refractivity contribution is 0.0683. The summed E-state index contributed by atoms with van der Waals surface area (Å²) < 4.78 is 12.3. The molecule has 0 radical (unpaired) electrons. The summed E-state index contributed by atoms with van der Waals surface area (Å²) in [6, 6.07) is 27.2. The number of hydrogen-bond donors (Lipinski definition) is 1. The van der Waals surface area contributed by atoms with E-state index in [9.17, 15) is 9.90 Å². The molecule has 0 unspecified atom stereocenters. The van der Waals surface area contributed by atoms with E-state index in [2.05, 4.69) is 97.3 Å². The Morgan fingerprint density at radius 1 is 0.870 bits per heavy atom.